The van der Waals surface area contributed by atoms with Gasteiger partial charge in [0.1, 0.15) is 37.1 Å². The van der Waals surface area contributed by atoms with E-state index in [2.05, 4.69) is 5.32 Å². The van der Waals surface area contributed by atoms with Crippen molar-refractivity contribution in [1.29, 1.82) is 0 Å². The van der Waals surface area contributed by atoms with Gasteiger partial charge >= 0.3 is 6.09 Å². The van der Waals surface area contributed by atoms with Crippen LogP contribution < -0.4 is 5.32 Å². The molecule has 0 saturated carbocycles. The van der Waals surface area contributed by atoms with Crippen LogP contribution in [0.5, 0.6) is 0 Å². The highest BCUT2D eigenvalue weighted by Gasteiger charge is 2.43. The maximum absolute atomic E-state index is 12.2. The summed E-state index contributed by atoms with van der Waals surface area (Å²) in [7, 11) is 0. The van der Waals surface area contributed by atoms with Gasteiger partial charge in [-0.05, 0) is 22.3 Å². The summed E-state index contributed by atoms with van der Waals surface area (Å²) >= 11 is 0. The number of ether oxygens (including phenoxy) is 2. The molecule has 1 heterocycles. The van der Waals surface area contributed by atoms with Crippen molar-refractivity contribution in [2.45, 2.75) is 36.4 Å². The second-order valence-corrected chi connectivity index (χ2v) is 7.57. The Morgan fingerprint density at radius 3 is 2.07 bits per heavy atom. The number of fused-ring (bicyclic) bond motifs is 3. The van der Waals surface area contributed by atoms with E-state index in [0.29, 0.717) is 0 Å². The molecule has 1 amide bonds. The Balaban J connectivity index is 1.36. The molecule has 0 spiro atoms. The first kappa shape index (κ1) is 20.8. The fraction of sp³-hybridized carbons (Fsp3) is 0.409. The van der Waals surface area contributed by atoms with E-state index in [9.17, 15) is 25.2 Å². The van der Waals surface area contributed by atoms with Crippen LogP contribution in [0.2, 0.25) is 0 Å². The molecule has 0 aromatic heterocycles. The van der Waals surface area contributed by atoms with Crippen molar-refractivity contribution in [3.8, 4) is 11.1 Å². The Bertz CT molecular complexity index is 857. The molecule has 2 aromatic rings. The van der Waals surface area contributed by atoms with E-state index in [1.165, 1.54) is 0 Å². The Labute approximate surface area is 173 Å². The summed E-state index contributed by atoms with van der Waals surface area (Å²) in [4.78, 5) is 12.2. The van der Waals surface area contributed by atoms with Crippen molar-refractivity contribution >= 4 is 6.09 Å². The molecule has 5 N–H and O–H groups in total. The van der Waals surface area contributed by atoms with Gasteiger partial charge in [0.05, 0.1) is 6.61 Å². The molecule has 1 saturated heterocycles. The first-order valence-electron chi connectivity index (χ1n) is 9.90. The van der Waals surface area contributed by atoms with E-state index in [4.69, 9.17) is 9.47 Å². The van der Waals surface area contributed by atoms with Crippen LogP contribution in [0.1, 0.15) is 17.0 Å². The maximum Gasteiger partial charge on any atom is 0.407 e. The SMILES string of the molecule is O=C(NCC1OC(CO)C(O)C(O)C1O)OCC1c2ccccc2-c2ccccc21. The summed E-state index contributed by atoms with van der Waals surface area (Å²) in [6.07, 6.45) is -7.01. The third-order valence-corrected chi connectivity index (χ3v) is 5.78. The fourth-order valence-electron chi connectivity index (χ4n) is 4.18. The summed E-state index contributed by atoms with van der Waals surface area (Å²) in [5, 5.41) is 41.4. The van der Waals surface area contributed by atoms with E-state index in [-0.39, 0.29) is 19.1 Å². The van der Waals surface area contributed by atoms with Crippen LogP contribution in [0.15, 0.2) is 48.5 Å². The lowest BCUT2D eigenvalue weighted by Crippen LogP contribution is -2.60. The Morgan fingerprint density at radius 2 is 1.47 bits per heavy atom. The summed E-state index contributed by atoms with van der Waals surface area (Å²) in [5.74, 6) is -0.0737. The molecule has 2 aliphatic rings. The molecule has 0 radical (unpaired) electrons. The van der Waals surface area contributed by atoms with Gasteiger partial charge in [-0.15, -0.1) is 0 Å². The van der Waals surface area contributed by atoms with Crippen LogP contribution in [-0.2, 0) is 9.47 Å². The number of rotatable bonds is 5. The van der Waals surface area contributed by atoms with Gasteiger partial charge in [0.15, 0.2) is 0 Å². The van der Waals surface area contributed by atoms with E-state index in [1.807, 2.05) is 48.5 Å². The summed E-state index contributed by atoms with van der Waals surface area (Å²) in [5.41, 5.74) is 4.45. The highest BCUT2D eigenvalue weighted by atomic mass is 16.6. The number of carbonyl (C=O) groups excluding carboxylic acids is 1. The van der Waals surface area contributed by atoms with Crippen molar-refractivity contribution < 1.29 is 34.7 Å². The zero-order valence-corrected chi connectivity index (χ0v) is 16.2. The van der Waals surface area contributed by atoms with Crippen molar-refractivity contribution in [3.63, 3.8) is 0 Å². The minimum atomic E-state index is -1.48. The Hall–Kier alpha value is -2.49. The first-order chi connectivity index (χ1) is 14.5. The van der Waals surface area contributed by atoms with Gasteiger partial charge in [-0.1, -0.05) is 48.5 Å². The average Bonchev–Trinajstić information content (AvgIpc) is 3.09. The summed E-state index contributed by atoms with van der Waals surface area (Å²) < 4.78 is 10.8. The van der Waals surface area contributed by atoms with Crippen LogP contribution in [0.25, 0.3) is 11.1 Å². The number of hydrogen-bond donors (Lipinski definition) is 5. The molecule has 30 heavy (non-hydrogen) atoms. The molecular weight excluding hydrogens is 390 g/mol. The smallest absolute Gasteiger partial charge is 0.407 e. The second kappa shape index (κ2) is 8.71. The zero-order chi connectivity index (χ0) is 21.3. The third kappa shape index (κ3) is 3.80. The maximum atomic E-state index is 12.2. The molecule has 0 bridgehead atoms. The van der Waals surface area contributed by atoms with Gasteiger partial charge in [-0.2, -0.15) is 0 Å². The number of aliphatic hydroxyl groups is 4. The molecule has 1 aliphatic heterocycles. The molecular formula is C22H25NO7. The lowest BCUT2D eigenvalue weighted by molar-refractivity contribution is -0.227. The van der Waals surface area contributed by atoms with Gasteiger partial charge in [-0.25, -0.2) is 4.79 Å². The van der Waals surface area contributed by atoms with E-state index in [0.717, 1.165) is 22.3 Å². The van der Waals surface area contributed by atoms with Crippen molar-refractivity contribution in [2.75, 3.05) is 19.8 Å². The van der Waals surface area contributed by atoms with E-state index < -0.39 is 43.2 Å². The van der Waals surface area contributed by atoms with Crippen molar-refractivity contribution in [2.24, 2.45) is 0 Å². The Kier molecular flexibility index (Phi) is 6.03. The number of benzene rings is 2. The molecule has 4 rings (SSSR count). The van der Waals surface area contributed by atoms with Gasteiger partial charge in [-0.3, -0.25) is 0 Å². The van der Waals surface area contributed by atoms with Crippen LogP contribution in [-0.4, -0.2) is 76.8 Å². The third-order valence-electron chi connectivity index (χ3n) is 5.78. The molecule has 160 valence electrons. The molecule has 2 aromatic carbocycles. The minimum absolute atomic E-state index is 0.0737. The fourth-order valence-corrected chi connectivity index (χ4v) is 4.18. The van der Waals surface area contributed by atoms with Crippen LogP contribution in [0.4, 0.5) is 4.79 Å². The highest BCUT2D eigenvalue weighted by molar-refractivity contribution is 5.79. The number of hydrogen-bond acceptors (Lipinski definition) is 7. The second-order valence-electron chi connectivity index (χ2n) is 7.57. The lowest BCUT2D eigenvalue weighted by Gasteiger charge is -2.40. The van der Waals surface area contributed by atoms with Gasteiger partial charge in [0.2, 0.25) is 0 Å². The molecule has 8 nitrogen and oxygen atoms in total. The van der Waals surface area contributed by atoms with E-state index >= 15 is 0 Å². The van der Waals surface area contributed by atoms with Crippen LogP contribution in [0.3, 0.4) is 0 Å². The summed E-state index contributed by atoms with van der Waals surface area (Å²) in [6, 6.07) is 16.0. The van der Waals surface area contributed by atoms with Gasteiger partial charge in [0.25, 0.3) is 0 Å². The number of alkyl carbamates (subject to hydrolysis) is 1. The predicted octanol–water partition coefficient (Wildman–Crippen LogP) is 0.368. The highest BCUT2D eigenvalue weighted by Crippen LogP contribution is 2.44. The quantitative estimate of drug-likeness (QED) is 0.477. The van der Waals surface area contributed by atoms with Crippen molar-refractivity contribution in [1.82, 2.24) is 5.32 Å². The first-order valence-corrected chi connectivity index (χ1v) is 9.90. The van der Waals surface area contributed by atoms with Gasteiger partial charge in [0, 0.05) is 12.5 Å². The lowest BCUT2D eigenvalue weighted by atomic mass is 9.95. The molecule has 1 fully saturated rings. The molecule has 5 atom stereocenters. The van der Waals surface area contributed by atoms with Crippen LogP contribution >= 0.6 is 0 Å². The number of carbonyl (C=O) groups is 1. The largest absolute Gasteiger partial charge is 0.449 e. The number of amides is 1. The Morgan fingerprint density at radius 1 is 0.900 bits per heavy atom. The standard InChI is InChI=1S/C22H25NO7/c24-10-18-20(26)21(27)19(25)17(30-18)9-23-22(28)29-11-16-14-7-3-1-5-12(14)13-6-2-4-8-15(13)16/h1-8,16-21,24-27H,9-11H2,(H,23,28). The predicted molar refractivity (Wildman–Crippen MR) is 107 cm³/mol. The average molecular weight is 415 g/mol. The van der Waals surface area contributed by atoms with Gasteiger partial charge < -0.3 is 35.2 Å². The molecule has 1 aliphatic carbocycles. The minimum Gasteiger partial charge on any atom is -0.449 e. The summed E-state index contributed by atoms with van der Waals surface area (Å²) in [6.45, 7) is -0.515. The monoisotopic (exact) mass is 415 g/mol. The molecule has 8 heteroatoms. The zero-order valence-electron chi connectivity index (χ0n) is 16.2. The molecule has 5 unspecified atom stereocenters. The number of nitrogens with one attached hydrogen (secondary N) is 1. The topological polar surface area (TPSA) is 128 Å². The number of aliphatic hydroxyl groups excluding tert-OH is 4. The van der Waals surface area contributed by atoms with E-state index in [1.54, 1.807) is 0 Å². The van der Waals surface area contributed by atoms with Crippen LogP contribution in [0, 0.1) is 0 Å². The van der Waals surface area contributed by atoms with Crippen molar-refractivity contribution in [3.05, 3.63) is 59.7 Å². The normalized spacial score (nSPS) is 27.9.